The lowest BCUT2D eigenvalue weighted by molar-refractivity contribution is 0.0948. The van der Waals surface area contributed by atoms with Gasteiger partial charge in [0.15, 0.2) is 0 Å². The van der Waals surface area contributed by atoms with Crippen molar-refractivity contribution in [1.29, 1.82) is 0 Å². The van der Waals surface area contributed by atoms with Gasteiger partial charge in [0.1, 0.15) is 24.7 Å². The lowest BCUT2D eigenvalue weighted by atomic mass is 10.2. The first-order valence-corrected chi connectivity index (χ1v) is 6.96. The van der Waals surface area contributed by atoms with Gasteiger partial charge < -0.3 is 9.47 Å². The topological polar surface area (TPSA) is 86.5 Å². The second-order valence-corrected chi connectivity index (χ2v) is 4.92. The molecule has 0 atom stereocenters. The van der Waals surface area contributed by atoms with Gasteiger partial charge in [-0.3, -0.25) is 15.2 Å². The lowest BCUT2D eigenvalue weighted by Crippen LogP contribution is -2.30. The summed E-state index contributed by atoms with van der Waals surface area (Å²) in [5.41, 5.74) is 2.46. The van der Waals surface area contributed by atoms with Crippen LogP contribution in [0.2, 0.25) is 0 Å². The number of hydrogen-bond donors (Lipinski definition) is 2. The second-order valence-electron chi connectivity index (χ2n) is 4.01. The van der Waals surface area contributed by atoms with E-state index in [0.717, 1.165) is 4.47 Å². The maximum absolute atomic E-state index is 11.6. The highest BCUT2D eigenvalue weighted by Crippen LogP contribution is 2.18. The maximum Gasteiger partial charge on any atom is 0.268 e. The molecule has 1 aromatic carbocycles. The van der Waals surface area contributed by atoms with E-state index in [-0.39, 0.29) is 0 Å². The lowest BCUT2D eigenvalue weighted by Gasteiger charge is -2.11. The molecule has 2 rings (SSSR count). The Bertz CT molecular complexity index is 622. The summed E-state index contributed by atoms with van der Waals surface area (Å²) in [4.78, 5) is 15.6. The van der Waals surface area contributed by atoms with Gasteiger partial charge in [0, 0.05) is 10.7 Å². The van der Waals surface area contributed by atoms with E-state index in [1.807, 2.05) is 6.07 Å². The summed E-state index contributed by atoms with van der Waals surface area (Å²) in [5, 5.41) is 0. The molecule has 0 aliphatic rings. The van der Waals surface area contributed by atoms with Crippen molar-refractivity contribution in [3.05, 3.63) is 52.8 Å². The number of nitrogens with zero attached hydrogens (tertiary/aromatic N) is 1. The number of amides is 1. The van der Waals surface area contributed by atoms with E-state index in [2.05, 4.69) is 26.3 Å². The molecule has 0 fully saturated rings. The van der Waals surface area contributed by atoms with Crippen LogP contribution in [0.1, 0.15) is 10.4 Å². The molecule has 110 valence electrons. The molecule has 3 N–H and O–H groups in total. The molecular weight excluding hydrogens is 338 g/mol. The van der Waals surface area contributed by atoms with Gasteiger partial charge in [0.25, 0.3) is 5.91 Å². The minimum atomic E-state index is -0.400. The van der Waals surface area contributed by atoms with Crippen LogP contribution in [0.5, 0.6) is 11.5 Å². The number of rotatable bonds is 6. The number of para-hydroxylation sites is 1. The molecular formula is C14H14BrN3O3. The predicted molar refractivity (Wildman–Crippen MR) is 81.0 cm³/mol. The number of hydrogen-bond acceptors (Lipinski definition) is 5. The maximum atomic E-state index is 11.6. The zero-order valence-electron chi connectivity index (χ0n) is 11.1. The van der Waals surface area contributed by atoms with Gasteiger partial charge in [-0.15, -0.1) is 0 Å². The van der Waals surface area contributed by atoms with Crippen molar-refractivity contribution < 1.29 is 14.3 Å². The van der Waals surface area contributed by atoms with E-state index in [9.17, 15) is 4.79 Å². The summed E-state index contributed by atoms with van der Waals surface area (Å²) in [5.74, 6) is 5.82. The third-order valence-corrected chi connectivity index (χ3v) is 2.99. The third-order valence-electron chi connectivity index (χ3n) is 2.55. The Morgan fingerprint density at radius 3 is 2.76 bits per heavy atom. The molecule has 6 nitrogen and oxygen atoms in total. The van der Waals surface area contributed by atoms with Crippen molar-refractivity contribution in [3.8, 4) is 11.5 Å². The van der Waals surface area contributed by atoms with Crippen LogP contribution in [0, 0.1) is 0 Å². The minimum Gasteiger partial charge on any atom is -0.489 e. The van der Waals surface area contributed by atoms with Crippen LogP contribution in [-0.4, -0.2) is 24.1 Å². The number of carbonyl (C=O) groups is 1. The van der Waals surface area contributed by atoms with Gasteiger partial charge in [0.05, 0.1) is 11.8 Å². The fraction of sp³-hybridized carbons (Fsp3) is 0.143. The molecule has 0 radical (unpaired) electrons. The summed E-state index contributed by atoms with van der Waals surface area (Å²) in [6.45, 7) is 0.623. The van der Waals surface area contributed by atoms with Crippen LogP contribution in [0.15, 0.2) is 47.2 Å². The van der Waals surface area contributed by atoms with E-state index in [1.54, 1.807) is 36.7 Å². The van der Waals surface area contributed by atoms with Crippen molar-refractivity contribution in [3.63, 3.8) is 0 Å². The molecule has 1 heterocycles. The standard InChI is InChI=1S/C14H14BrN3O3/c15-10-7-11(9-17-8-10)20-5-6-21-13-4-2-1-3-12(13)14(19)18-16/h1-4,7-9H,5-6,16H2,(H,18,19). The van der Waals surface area contributed by atoms with Crippen LogP contribution in [-0.2, 0) is 0 Å². The van der Waals surface area contributed by atoms with E-state index >= 15 is 0 Å². The molecule has 7 heteroatoms. The van der Waals surface area contributed by atoms with Crippen molar-refractivity contribution >= 4 is 21.8 Å². The van der Waals surface area contributed by atoms with Crippen molar-refractivity contribution in [2.75, 3.05) is 13.2 Å². The van der Waals surface area contributed by atoms with E-state index in [1.165, 1.54) is 0 Å². The number of ether oxygens (including phenoxy) is 2. The Balaban J connectivity index is 1.88. The van der Waals surface area contributed by atoms with Crippen LogP contribution in [0.25, 0.3) is 0 Å². The average molecular weight is 352 g/mol. The van der Waals surface area contributed by atoms with Crippen LogP contribution < -0.4 is 20.7 Å². The number of halogens is 1. The van der Waals surface area contributed by atoms with Crippen LogP contribution in [0.4, 0.5) is 0 Å². The van der Waals surface area contributed by atoms with Gasteiger partial charge in [-0.2, -0.15) is 0 Å². The second kappa shape index (κ2) is 7.61. The number of nitrogens with one attached hydrogen (secondary N) is 1. The summed E-state index contributed by atoms with van der Waals surface area (Å²) in [7, 11) is 0. The zero-order chi connectivity index (χ0) is 15.1. The van der Waals surface area contributed by atoms with Crippen molar-refractivity contribution in [2.24, 2.45) is 5.84 Å². The zero-order valence-corrected chi connectivity index (χ0v) is 12.7. The quantitative estimate of drug-likeness (QED) is 0.359. The minimum absolute atomic E-state index is 0.293. The normalized spacial score (nSPS) is 10.0. The Morgan fingerprint density at radius 2 is 2.00 bits per heavy atom. The predicted octanol–water partition coefficient (Wildman–Crippen LogP) is 1.91. The Morgan fingerprint density at radius 1 is 1.24 bits per heavy atom. The highest BCUT2D eigenvalue weighted by molar-refractivity contribution is 9.10. The molecule has 1 aromatic heterocycles. The molecule has 2 aromatic rings. The van der Waals surface area contributed by atoms with E-state index < -0.39 is 5.91 Å². The fourth-order valence-corrected chi connectivity index (χ4v) is 1.98. The number of carbonyl (C=O) groups excluding carboxylic acids is 1. The number of aromatic nitrogens is 1. The van der Waals surface area contributed by atoms with Gasteiger partial charge >= 0.3 is 0 Å². The first-order chi connectivity index (χ1) is 10.2. The molecule has 0 bridgehead atoms. The Kier molecular flexibility index (Phi) is 5.53. The molecule has 21 heavy (non-hydrogen) atoms. The summed E-state index contributed by atoms with van der Waals surface area (Å²) in [6, 6.07) is 8.66. The molecule has 0 unspecified atom stereocenters. The van der Waals surface area contributed by atoms with E-state index in [0.29, 0.717) is 30.3 Å². The summed E-state index contributed by atoms with van der Waals surface area (Å²) in [6.07, 6.45) is 3.28. The molecule has 0 saturated heterocycles. The SMILES string of the molecule is NNC(=O)c1ccccc1OCCOc1cncc(Br)c1. The molecule has 0 aliphatic carbocycles. The molecule has 0 saturated carbocycles. The smallest absolute Gasteiger partial charge is 0.268 e. The van der Waals surface area contributed by atoms with Gasteiger partial charge in [-0.05, 0) is 34.1 Å². The summed E-state index contributed by atoms with van der Waals surface area (Å²) >= 11 is 3.31. The van der Waals surface area contributed by atoms with Crippen molar-refractivity contribution in [2.45, 2.75) is 0 Å². The highest BCUT2D eigenvalue weighted by Gasteiger charge is 2.10. The number of benzene rings is 1. The number of nitrogens with two attached hydrogens (primary N) is 1. The van der Waals surface area contributed by atoms with E-state index in [4.69, 9.17) is 15.3 Å². The summed E-state index contributed by atoms with van der Waals surface area (Å²) < 4.78 is 11.9. The largest absolute Gasteiger partial charge is 0.489 e. The average Bonchev–Trinajstić information content (AvgIpc) is 2.51. The third kappa shape index (κ3) is 4.44. The highest BCUT2D eigenvalue weighted by atomic mass is 79.9. The molecule has 0 aliphatic heterocycles. The number of nitrogen functional groups attached to an aromatic ring is 1. The fourth-order valence-electron chi connectivity index (χ4n) is 1.64. The molecule has 0 spiro atoms. The Hall–Kier alpha value is -2.12. The van der Waals surface area contributed by atoms with Crippen LogP contribution in [0.3, 0.4) is 0 Å². The number of pyridine rings is 1. The van der Waals surface area contributed by atoms with Crippen LogP contribution >= 0.6 is 15.9 Å². The van der Waals surface area contributed by atoms with Gasteiger partial charge in [0.2, 0.25) is 0 Å². The van der Waals surface area contributed by atoms with Crippen molar-refractivity contribution in [1.82, 2.24) is 10.4 Å². The first kappa shape index (κ1) is 15.3. The Labute approximate surface area is 130 Å². The monoisotopic (exact) mass is 351 g/mol. The van der Waals surface area contributed by atoms with Gasteiger partial charge in [-0.1, -0.05) is 12.1 Å². The van der Waals surface area contributed by atoms with Gasteiger partial charge in [-0.25, -0.2) is 5.84 Å². The number of hydrazine groups is 1. The first-order valence-electron chi connectivity index (χ1n) is 6.17. The molecule has 1 amide bonds.